The number of hydrogen-bond acceptors (Lipinski definition) is 6. The number of amides is 4. The van der Waals surface area contributed by atoms with Gasteiger partial charge in [0.05, 0.1) is 6.54 Å². The fourth-order valence-corrected chi connectivity index (χ4v) is 2.97. The Morgan fingerprint density at radius 3 is 2.32 bits per heavy atom. The lowest BCUT2D eigenvalue weighted by Crippen LogP contribution is -2.67. The second-order valence-corrected chi connectivity index (χ2v) is 7.01. The lowest BCUT2D eigenvalue weighted by molar-refractivity contribution is -0.155. The van der Waals surface area contributed by atoms with Crippen LogP contribution in [0.25, 0.3) is 0 Å². The van der Waals surface area contributed by atoms with Crippen LogP contribution in [-0.2, 0) is 25.7 Å². The molecule has 4 amide bonds. The third kappa shape index (κ3) is 5.81. The van der Waals surface area contributed by atoms with Crippen molar-refractivity contribution in [1.29, 1.82) is 0 Å². The number of carbonyl (C=O) groups excluding carboxylic acids is 4. The lowest BCUT2D eigenvalue weighted by atomic mass is 10.1. The van der Waals surface area contributed by atoms with Gasteiger partial charge in [0.2, 0.25) is 11.8 Å². The maximum atomic E-state index is 12.9. The Morgan fingerprint density at radius 2 is 1.74 bits per heavy atom. The quantitative estimate of drug-likeness (QED) is 0.550. The van der Waals surface area contributed by atoms with Gasteiger partial charge in [-0.2, -0.15) is 0 Å². The van der Waals surface area contributed by atoms with Crippen LogP contribution in [0.15, 0.2) is 60.7 Å². The van der Waals surface area contributed by atoms with Crippen LogP contribution in [0.5, 0.6) is 0 Å². The molecule has 0 aliphatic carbocycles. The predicted molar refractivity (Wildman–Crippen MR) is 113 cm³/mol. The van der Waals surface area contributed by atoms with Crippen molar-refractivity contribution in [2.45, 2.75) is 25.6 Å². The number of para-hydroxylation sites is 1. The van der Waals surface area contributed by atoms with E-state index in [2.05, 4.69) is 16.0 Å². The Labute approximate surface area is 179 Å². The van der Waals surface area contributed by atoms with Crippen molar-refractivity contribution in [3.8, 4) is 0 Å². The summed E-state index contributed by atoms with van der Waals surface area (Å²) in [5.74, 6) is -1.67. The summed E-state index contributed by atoms with van der Waals surface area (Å²) in [5, 5.41) is 7.87. The first-order valence-electron chi connectivity index (χ1n) is 9.85. The molecule has 0 aromatic heterocycles. The molecule has 9 heteroatoms. The maximum Gasteiger partial charge on any atom is 0.408 e. The van der Waals surface area contributed by atoms with Gasteiger partial charge in [-0.15, -0.1) is 0 Å². The lowest BCUT2D eigenvalue weighted by Gasteiger charge is -2.36. The van der Waals surface area contributed by atoms with E-state index in [0.29, 0.717) is 5.69 Å². The number of nitrogens with one attached hydrogen (secondary N) is 3. The summed E-state index contributed by atoms with van der Waals surface area (Å²) in [4.78, 5) is 50.5. The van der Waals surface area contributed by atoms with Gasteiger partial charge < -0.3 is 20.7 Å². The van der Waals surface area contributed by atoms with Gasteiger partial charge in [0.1, 0.15) is 18.7 Å². The van der Waals surface area contributed by atoms with E-state index in [1.807, 2.05) is 36.4 Å². The largest absolute Gasteiger partial charge is 0.445 e. The summed E-state index contributed by atoms with van der Waals surface area (Å²) in [5.41, 5.74) is 1.50. The summed E-state index contributed by atoms with van der Waals surface area (Å²) < 4.78 is 5.12. The zero-order valence-electron chi connectivity index (χ0n) is 17.0. The van der Waals surface area contributed by atoms with Crippen molar-refractivity contribution in [3.05, 3.63) is 66.2 Å². The summed E-state index contributed by atoms with van der Waals surface area (Å²) in [6.07, 6.45) is -0.794. The summed E-state index contributed by atoms with van der Waals surface area (Å²) in [6.45, 7) is 1.48. The minimum absolute atomic E-state index is 0.0439. The minimum Gasteiger partial charge on any atom is -0.445 e. The zero-order valence-corrected chi connectivity index (χ0v) is 17.0. The molecule has 0 bridgehead atoms. The van der Waals surface area contributed by atoms with Gasteiger partial charge in [0.15, 0.2) is 0 Å². The number of alkyl carbamates (subject to hydrolysis) is 1. The Balaban J connectivity index is 1.58. The van der Waals surface area contributed by atoms with Gasteiger partial charge in [-0.1, -0.05) is 48.5 Å². The van der Waals surface area contributed by atoms with E-state index in [1.54, 1.807) is 24.3 Å². The molecule has 3 N–H and O–H groups in total. The zero-order chi connectivity index (χ0) is 22.2. The highest BCUT2D eigenvalue weighted by Gasteiger charge is 2.41. The van der Waals surface area contributed by atoms with Gasteiger partial charge in [-0.05, 0) is 24.6 Å². The second-order valence-electron chi connectivity index (χ2n) is 7.01. The molecule has 1 aliphatic rings. The molecule has 1 saturated heterocycles. The summed E-state index contributed by atoms with van der Waals surface area (Å²) >= 11 is 0. The van der Waals surface area contributed by atoms with E-state index < -0.39 is 35.9 Å². The van der Waals surface area contributed by atoms with Gasteiger partial charge in [0.25, 0.3) is 5.91 Å². The third-order valence-electron chi connectivity index (χ3n) is 4.73. The number of anilines is 1. The number of nitrogens with zero attached hydrogens (tertiary/aromatic N) is 1. The standard InChI is InChI=1S/C22H24N4O5/c1-15(25-22(30)31-14-16-8-4-2-5-9-16)21(29)26(18-12-24-20(18)28)19(27)13-23-17-10-6-3-7-11-17/h2-11,15,18,23H,12-14H2,1H3,(H,24,28)(H,25,30)/t15-,18?/m1/s1. The van der Waals surface area contributed by atoms with Crippen LogP contribution in [-0.4, -0.2) is 53.9 Å². The number of carbonyl (C=O) groups is 4. The average Bonchev–Trinajstić information content (AvgIpc) is 2.79. The molecular formula is C22H24N4O5. The predicted octanol–water partition coefficient (Wildman–Crippen LogP) is 1.27. The van der Waals surface area contributed by atoms with E-state index in [1.165, 1.54) is 6.92 Å². The fourth-order valence-electron chi connectivity index (χ4n) is 2.97. The summed E-state index contributed by atoms with van der Waals surface area (Å²) in [6, 6.07) is 16.1. The molecule has 0 saturated carbocycles. The Kier molecular flexibility index (Phi) is 7.21. The van der Waals surface area contributed by atoms with Gasteiger partial charge >= 0.3 is 6.09 Å². The van der Waals surface area contributed by atoms with Crippen LogP contribution in [0.4, 0.5) is 10.5 Å². The highest BCUT2D eigenvalue weighted by molar-refractivity contribution is 6.05. The molecular weight excluding hydrogens is 400 g/mol. The number of ether oxygens (including phenoxy) is 1. The van der Waals surface area contributed by atoms with Gasteiger partial charge in [-0.25, -0.2) is 4.79 Å². The van der Waals surface area contributed by atoms with Crippen molar-refractivity contribution in [3.63, 3.8) is 0 Å². The van der Waals surface area contributed by atoms with Gasteiger partial charge in [0, 0.05) is 12.2 Å². The maximum absolute atomic E-state index is 12.9. The molecule has 2 atom stereocenters. The highest BCUT2D eigenvalue weighted by Crippen LogP contribution is 2.12. The SMILES string of the molecule is C[C@@H](NC(=O)OCc1ccccc1)C(=O)N(C(=O)CNc1ccccc1)C1CNC1=O. The monoisotopic (exact) mass is 424 g/mol. The van der Waals surface area contributed by atoms with Crippen LogP contribution >= 0.6 is 0 Å². The van der Waals surface area contributed by atoms with Crippen molar-refractivity contribution in [2.24, 2.45) is 0 Å². The number of benzene rings is 2. The second kappa shape index (κ2) is 10.2. The van der Waals surface area contributed by atoms with E-state index in [9.17, 15) is 19.2 Å². The average molecular weight is 424 g/mol. The van der Waals surface area contributed by atoms with Crippen molar-refractivity contribution < 1.29 is 23.9 Å². The first-order chi connectivity index (χ1) is 15.0. The summed E-state index contributed by atoms with van der Waals surface area (Å²) in [7, 11) is 0. The molecule has 1 heterocycles. The first-order valence-corrected chi connectivity index (χ1v) is 9.85. The van der Waals surface area contributed by atoms with Crippen molar-refractivity contribution >= 4 is 29.5 Å². The first kappa shape index (κ1) is 21.8. The molecule has 2 aromatic carbocycles. The number of hydrogen-bond donors (Lipinski definition) is 3. The molecule has 0 spiro atoms. The van der Waals surface area contributed by atoms with Crippen molar-refractivity contribution in [2.75, 3.05) is 18.4 Å². The van der Waals surface area contributed by atoms with E-state index in [-0.39, 0.29) is 19.7 Å². The third-order valence-corrected chi connectivity index (χ3v) is 4.73. The Morgan fingerprint density at radius 1 is 1.10 bits per heavy atom. The topological polar surface area (TPSA) is 117 Å². The molecule has 31 heavy (non-hydrogen) atoms. The van der Waals surface area contributed by atoms with Crippen LogP contribution < -0.4 is 16.0 Å². The smallest absolute Gasteiger partial charge is 0.408 e. The molecule has 9 nitrogen and oxygen atoms in total. The highest BCUT2D eigenvalue weighted by atomic mass is 16.5. The van der Waals surface area contributed by atoms with Gasteiger partial charge in [-0.3, -0.25) is 19.3 Å². The molecule has 3 rings (SSSR count). The molecule has 0 radical (unpaired) electrons. The number of rotatable bonds is 8. The Bertz CT molecular complexity index is 935. The van der Waals surface area contributed by atoms with Crippen LogP contribution in [0.1, 0.15) is 12.5 Å². The van der Waals surface area contributed by atoms with Crippen LogP contribution in [0.3, 0.4) is 0 Å². The molecule has 1 aliphatic heterocycles. The minimum atomic E-state index is -1.06. The van der Waals surface area contributed by atoms with Crippen LogP contribution in [0.2, 0.25) is 0 Å². The number of β-lactam (4-membered cyclic amide) rings is 1. The van der Waals surface area contributed by atoms with E-state index in [0.717, 1.165) is 10.5 Å². The Hall–Kier alpha value is -3.88. The molecule has 162 valence electrons. The molecule has 1 unspecified atom stereocenters. The van der Waals surface area contributed by atoms with Crippen LogP contribution in [0, 0.1) is 0 Å². The molecule has 1 fully saturated rings. The molecule has 2 aromatic rings. The normalized spacial score (nSPS) is 15.6. The van der Waals surface area contributed by atoms with Crippen molar-refractivity contribution in [1.82, 2.24) is 15.5 Å². The van der Waals surface area contributed by atoms with E-state index in [4.69, 9.17) is 4.74 Å². The van der Waals surface area contributed by atoms with E-state index >= 15 is 0 Å². The number of imide groups is 1. The fraction of sp³-hybridized carbons (Fsp3) is 0.273.